The zero-order chi connectivity index (χ0) is 19.3. The fraction of sp³-hybridized carbons (Fsp3) is 0.318. The van der Waals surface area contributed by atoms with Crippen LogP contribution in [-0.2, 0) is 0 Å². The Balaban J connectivity index is 1.46. The van der Waals surface area contributed by atoms with Gasteiger partial charge in [0.2, 0.25) is 11.7 Å². The van der Waals surface area contributed by atoms with E-state index in [1.807, 2.05) is 66.4 Å². The molecule has 1 saturated heterocycles. The van der Waals surface area contributed by atoms with Crippen molar-refractivity contribution in [3.63, 3.8) is 0 Å². The molecule has 1 fully saturated rings. The number of carbonyl (C=O) groups excluding carboxylic acids is 1. The van der Waals surface area contributed by atoms with Crippen LogP contribution in [0.5, 0.6) is 5.75 Å². The molecule has 1 unspecified atom stereocenters. The van der Waals surface area contributed by atoms with E-state index in [4.69, 9.17) is 9.26 Å². The van der Waals surface area contributed by atoms with Gasteiger partial charge < -0.3 is 14.2 Å². The first-order valence-corrected chi connectivity index (χ1v) is 9.65. The molecule has 0 radical (unpaired) electrons. The van der Waals surface area contributed by atoms with Crippen molar-refractivity contribution in [2.75, 3.05) is 19.7 Å². The van der Waals surface area contributed by atoms with Crippen LogP contribution >= 0.6 is 0 Å². The van der Waals surface area contributed by atoms with Crippen molar-refractivity contribution in [3.05, 3.63) is 66.1 Å². The molecule has 1 aliphatic rings. The molecular formula is C22H23N3O3. The maximum absolute atomic E-state index is 12.7. The topological polar surface area (TPSA) is 68.5 Å². The molecule has 1 aliphatic heterocycles. The lowest BCUT2D eigenvalue weighted by Gasteiger charge is -2.31. The van der Waals surface area contributed by atoms with Gasteiger partial charge in [-0.1, -0.05) is 23.4 Å². The first kappa shape index (κ1) is 18.2. The lowest BCUT2D eigenvalue weighted by molar-refractivity contribution is 0.0695. The lowest BCUT2D eigenvalue weighted by Crippen LogP contribution is -2.39. The largest absolute Gasteiger partial charge is 0.494 e. The van der Waals surface area contributed by atoms with Crippen molar-refractivity contribution >= 4 is 5.91 Å². The van der Waals surface area contributed by atoms with E-state index in [0.717, 1.165) is 30.7 Å². The van der Waals surface area contributed by atoms with Gasteiger partial charge in [0.25, 0.3) is 5.91 Å². The monoisotopic (exact) mass is 377 g/mol. The highest BCUT2D eigenvalue weighted by Crippen LogP contribution is 2.29. The highest BCUT2D eigenvalue weighted by atomic mass is 16.5. The molecule has 0 spiro atoms. The number of piperidine rings is 1. The smallest absolute Gasteiger partial charge is 0.253 e. The molecule has 6 nitrogen and oxygen atoms in total. The number of ether oxygens (including phenoxy) is 1. The van der Waals surface area contributed by atoms with Crippen LogP contribution in [-0.4, -0.2) is 40.6 Å². The van der Waals surface area contributed by atoms with Crippen molar-refractivity contribution in [1.82, 2.24) is 15.0 Å². The number of hydrogen-bond acceptors (Lipinski definition) is 5. The molecule has 2 aromatic carbocycles. The summed E-state index contributed by atoms with van der Waals surface area (Å²) < 4.78 is 11.0. The van der Waals surface area contributed by atoms with Gasteiger partial charge in [-0.3, -0.25) is 4.79 Å². The van der Waals surface area contributed by atoms with Gasteiger partial charge in [0, 0.05) is 24.2 Å². The van der Waals surface area contributed by atoms with Crippen molar-refractivity contribution < 1.29 is 14.1 Å². The van der Waals surface area contributed by atoms with Crippen molar-refractivity contribution in [2.45, 2.75) is 25.7 Å². The molecule has 0 N–H and O–H groups in total. The molecule has 3 aromatic rings. The highest BCUT2D eigenvalue weighted by Gasteiger charge is 2.29. The van der Waals surface area contributed by atoms with Crippen LogP contribution in [0, 0.1) is 0 Å². The standard InChI is InChI=1S/C22H23N3O3/c1-2-27-19-12-10-16(11-13-19)20-23-21(28-24-20)18-9-6-14-25(15-18)22(26)17-7-4-3-5-8-17/h3-5,7-8,10-13,18H,2,6,9,14-15H2,1H3. The van der Waals surface area contributed by atoms with Crippen LogP contribution in [0.3, 0.4) is 0 Å². The second-order valence-corrected chi connectivity index (χ2v) is 6.87. The van der Waals surface area contributed by atoms with Gasteiger partial charge in [0.15, 0.2) is 0 Å². The number of hydrogen-bond donors (Lipinski definition) is 0. The molecule has 4 rings (SSSR count). The molecule has 0 aliphatic carbocycles. The van der Waals surface area contributed by atoms with E-state index in [9.17, 15) is 4.79 Å². The average Bonchev–Trinajstić information content (AvgIpc) is 3.25. The summed E-state index contributed by atoms with van der Waals surface area (Å²) in [6.07, 6.45) is 1.85. The number of likely N-dealkylation sites (tertiary alicyclic amines) is 1. The van der Waals surface area contributed by atoms with Gasteiger partial charge in [-0.15, -0.1) is 0 Å². The second kappa shape index (κ2) is 8.25. The summed E-state index contributed by atoms with van der Waals surface area (Å²) >= 11 is 0. The minimum Gasteiger partial charge on any atom is -0.494 e. The molecular weight excluding hydrogens is 354 g/mol. The molecule has 144 valence electrons. The molecule has 0 bridgehead atoms. The number of carbonyl (C=O) groups is 1. The predicted molar refractivity (Wildman–Crippen MR) is 105 cm³/mol. The van der Waals surface area contributed by atoms with Gasteiger partial charge in [0.1, 0.15) is 5.75 Å². The van der Waals surface area contributed by atoms with E-state index in [-0.39, 0.29) is 11.8 Å². The molecule has 6 heteroatoms. The van der Waals surface area contributed by atoms with Crippen LogP contribution in [0.15, 0.2) is 59.1 Å². The molecule has 28 heavy (non-hydrogen) atoms. The third-order valence-corrected chi connectivity index (χ3v) is 4.94. The first-order valence-electron chi connectivity index (χ1n) is 9.65. The minimum absolute atomic E-state index is 0.0524. The fourth-order valence-electron chi connectivity index (χ4n) is 3.51. The third kappa shape index (κ3) is 3.91. The Morgan fingerprint density at radius 2 is 1.96 bits per heavy atom. The number of amides is 1. The van der Waals surface area contributed by atoms with Crippen LogP contribution in [0.1, 0.15) is 41.9 Å². The van der Waals surface area contributed by atoms with Crippen LogP contribution in [0.25, 0.3) is 11.4 Å². The quantitative estimate of drug-likeness (QED) is 0.668. The van der Waals surface area contributed by atoms with Crippen LogP contribution in [0.4, 0.5) is 0 Å². The third-order valence-electron chi connectivity index (χ3n) is 4.94. The van der Waals surface area contributed by atoms with Gasteiger partial charge in [-0.05, 0) is 56.2 Å². The average molecular weight is 377 g/mol. The summed E-state index contributed by atoms with van der Waals surface area (Å²) in [6.45, 7) is 3.93. The zero-order valence-corrected chi connectivity index (χ0v) is 15.9. The molecule has 1 atom stereocenters. The summed E-state index contributed by atoms with van der Waals surface area (Å²) in [5.41, 5.74) is 1.59. The molecule has 2 heterocycles. The van der Waals surface area contributed by atoms with E-state index >= 15 is 0 Å². The molecule has 0 saturated carbocycles. The summed E-state index contributed by atoms with van der Waals surface area (Å²) in [7, 11) is 0. The van der Waals surface area contributed by atoms with Gasteiger partial charge in [-0.2, -0.15) is 4.98 Å². The number of nitrogens with zero attached hydrogens (tertiary/aromatic N) is 3. The lowest BCUT2D eigenvalue weighted by atomic mass is 9.97. The van der Waals surface area contributed by atoms with Crippen LogP contribution in [0.2, 0.25) is 0 Å². The number of aromatic nitrogens is 2. The second-order valence-electron chi connectivity index (χ2n) is 6.87. The minimum atomic E-state index is 0.0524. The molecule has 1 amide bonds. The van der Waals surface area contributed by atoms with Crippen LogP contribution < -0.4 is 4.74 Å². The van der Waals surface area contributed by atoms with Crippen molar-refractivity contribution in [1.29, 1.82) is 0 Å². The Morgan fingerprint density at radius 3 is 2.71 bits per heavy atom. The Kier molecular flexibility index (Phi) is 5.37. The van der Waals surface area contributed by atoms with E-state index in [1.165, 1.54) is 0 Å². The predicted octanol–water partition coefficient (Wildman–Crippen LogP) is 4.16. The Bertz CT molecular complexity index is 922. The van der Waals surface area contributed by atoms with E-state index in [1.54, 1.807) is 0 Å². The Labute approximate surface area is 164 Å². The maximum atomic E-state index is 12.7. The summed E-state index contributed by atoms with van der Waals surface area (Å²) in [4.78, 5) is 19.2. The summed E-state index contributed by atoms with van der Waals surface area (Å²) in [6, 6.07) is 17.0. The summed E-state index contributed by atoms with van der Waals surface area (Å²) in [5.74, 6) is 2.08. The molecule has 1 aromatic heterocycles. The number of rotatable bonds is 5. The fourth-order valence-corrected chi connectivity index (χ4v) is 3.51. The van der Waals surface area contributed by atoms with Crippen molar-refractivity contribution in [3.8, 4) is 17.1 Å². The Hall–Kier alpha value is -3.15. The summed E-state index contributed by atoms with van der Waals surface area (Å²) in [5, 5.41) is 4.13. The normalized spacial score (nSPS) is 16.8. The van der Waals surface area contributed by atoms with Gasteiger partial charge in [-0.25, -0.2) is 0 Å². The SMILES string of the molecule is CCOc1ccc(-c2noc(C3CCCN(C(=O)c4ccccc4)C3)n2)cc1. The van der Waals surface area contributed by atoms with Crippen molar-refractivity contribution in [2.24, 2.45) is 0 Å². The van der Waals surface area contributed by atoms with Gasteiger partial charge in [0.05, 0.1) is 12.5 Å². The van der Waals surface area contributed by atoms with E-state index in [2.05, 4.69) is 10.1 Å². The number of benzene rings is 2. The van der Waals surface area contributed by atoms with Gasteiger partial charge >= 0.3 is 0 Å². The maximum Gasteiger partial charge on any atom is 0.253 e. The zero-order valence-electron chi connectivity index (χ0n) is 15.9. The van der Waals surface area contributed by atoms with E-state index in [0.29, 0.717) is 30.4 Å². The first-order chi connectivity index (χ1) is 13.7. The Morgan fingerprint density at radius 1 is 1.18 bits per heavy atom. The highest BCUT2D eigenvalue weighted by molar-refractivity contribution is 5.94. The van der Waals surface area contributed by atoms with E-state index < -0.39 is 0 Å².